The van der Waals surface area contributed by atoms with Gasteiger partial charge in [-0.3, -0.25) is 0 Å². The van der Waals surface area contributed by atoms with Gasteiger partial charge in [0.15, 0.2) is 5.75 Å². The molecule has 1 N–H and O–H groups in total. The molecule has 2 fully saturated rings. The molecule has 0 aromatic heterocycles. The first kappa shape index (κ1) is 16.3. The Kier molecular flexibility index (Phi) is 4.63. The summed E-state index contributed by atoms with van der Waals surface area (Å²) in [5.41, 5.74) is 0. The number of ether oxygens (including phenoxy) is 1. The number of rotatable bonds is 2. The van der Waals surface area contributed by atoms with Crippen molar-refractivity contribution in [2.45, 2.75) is 43.9 Å². The van der Waals surface area contributed by atoms with Gasteiger partial charge in [-0.1, -0.05) is 0 Å². The van der Waals surface area contributed by atoms with Gasteiger partial charge >= 0.3 is 0 Å². The SMILES string of the molecule is Cl.Fc1c(F)c(F)c(OC2CC3CCC(C2)N3)c(F)c1F. The molecule has 2 saturated heterocycles. The Morgan fingerprint density at radius 1 is 0.762 bits per heavy atom. The van der Waals surface area contributed by atoms with Gasteiger partial charge in [0.05, 0.1) is 0 Å². The molecular formula is C13H13ClF5NO. The summed E-state index contributed by atoms with van der Waals surface area (Å²) in [6.07, 6.45) is 2.32. The Labute approximate surface area is 124 Å². The van der Waals surface area contributed by atoms with E-state index in [1.54, 1.807) is 0 Å². The van der Waals surface area contributed by atoms with Crippen LogP contribution in [0.3, 0.4) is 0 Å². The minimum absolute atomic E-state index is 0. The molecule has 2 atom stereocenters. The van der Waals surface area contributed by atoms with Crippen LogP contribution in [0.4, 0.5) is 22.0 Å². The second-order valence-electron chi connectivity index (χ2n) is 5.25. The summed E-state index contributed by atoms with van der Waals surface area (Å²) in [6, 6.07) is 0.361. The minimum Gasteiger partial charge on any atom is -0.484 e. The Morgan fingerprint density at radius 2 is 1.19 bits per heavy atom. The van der Waals surface area contributed by atoms with Crippen molar-refractivity contribution in [3.63, 3.8) is 0 Å². The maximum atomic E-state index is 13.5. The van der Waals surface area contributed by atoms with Crippen LogP contribution in [0.2, 0.25) is 0 Å². The van der Waals surface area contributed by atoms with Crippen LogP contribution < -0.4 is 10.1 Å². The summed E-state index contributed by atoms with van der Waals surface area (Å²) < 4.78 is 71.1. The van der Waals surface area contributed by atoms with E-state index in [4.69, 9.17) is 4.74 Å². The van der Waals surface area contributed by atoms with Gasteiger partial charge in [0.1, 0.15) is 6.10 Å². The van der Waals surface area contributed by atoms with Gasteiger partial charge < -0.3 is 10.1 Å². The molecular weight excluding hydrogens is 317 g/mol. The third kappa shape index (κ3) is 2.81. The summed E-state index contributed by atoms with van der Waals surface area (Å²) in [5, 5.41) is 3.29. The Morgan fingerprint density at radius 3 is 1.67 bits per heavy atom. The molecule has 2 unspecified atom stereocenters. The van der Waals surface area contributed by atoms with E-state index in [0.29, 0.717) is 12.8 Å². The molecule has 0 amide bonds. The highest BCUT2D eigenvalue weighted by atomic mass is 35.5. The van der Waals surface area contributed by atoms with E-state index in [2.05, 4.69) is 5.32 Å². The second kappa shape index (κ2) is 5.96. The molecule has 0 radical (unpaired) electrons. The molecule has 2 aliphatic rings. The van der Waals surface area contributed by atoms with Gasteiger partial charge in [-0.25, -0.2) is 13.2 Å². The summed E-state index contributed by atoms with van der Waals surface area (Å²) in [5.74, 6) is -11.1. The Balaban J connectivity index is 0.00000161. The van der Waals surface area contributed by atoms with Crippen molar-refractivity contribution in [1.82, 2.24) is 5.32 Å². The predicted molar refractivity (Wildman–Crippen MR) is 67.1 cm³/mol. The van der Waals surface area contributed by atoms with Gasteiger partial charge in [0.25, 0.3) is 0 Å². The van der Waals surface area contributed by atoms with Crippen LogP contribution in [-0.4, -0.2) is 18.2 Å². The van der Waals surface area contributed by atoms with Crippen molar-refractivity contribution in [2.75, 3.05) is 0 Å². The van der Waals surface area contributed by atoms with E-state index in [9.17, 15) is 22.0 Å². The van der Waals surface area contributed by atoms with E-state index in [1.807, 2.05) is 0 Å². The third-order valence-corrected chi connectivity index (χ3v) is 3.88. The van der Waals surface area contributed by atoms with E-state index >= 15 is 0 Å². The fourth-order valence-electron chi connectivity index (χ4n) is 2.96. The topological polar surface area (TPSA) is 21.3 Å². The maximum absolute atomic E-state index is 13.5. The lowest BCUT2D eigenvalue weighted by Crippen LogP contribution is -2.42. The van der Waals surface area contributed by atoms with Gasteiger partial charge in [-0.05, 0) is 25.7 Å². The van der Waals surface area contributed by atoms with Crippen molar-refractivity contribution in [3.05, 3.63) is 29.1 Å². The number of halogens is 6. The van der Waals surface area contributed by atoms with Crippen LogP contribution in [0.5, 0.6) is 5.75 Å². The summed E-state index contributed by atoms with van der Waals surface area (Å²) in [6.45, 7) is 0. The minimum atomic E-state index is -2.17. The molecule has 3 rings (SSSR count). The van der Waals surface area contributed by atoms with E-state index in [0.717, 1.165) is 12.8 Å². The molecule has 2 nitrogen and oxygen atoms in total. The number of fused-ring (bicyclic) bond motifs is 2. The summed E-state index contributed by atoms with van der Waals surface area (Å²) in [4.78, 5) is 0. The van der Waals surface area contributed by atoms with Crippen molar-refractivity contribution < 1.29 is 26.7 Å². The zero-order chi connectivity index (χ0) is 14.4. The Bertz CT molecular complexity index is 515. The molecule has 0 aliphatic carbocycles. The molecule has 8 heteroatoms. The highest BCUT2D eigenvalue weighted by molar-refractivity contribution is 5.85. The summed E-state index contributed by atoms with van der Waals surface area (Å²) in [7, 11) is 0. The molecule has 2 bridgehead atoms. The van der Waals surface area contributed by atoms with Crippen molar-refractivity contribution in [3.8, 4) is 5.75 Å². The first-order valence-corrected chi connectivity index (χ1v) is 6.41. The number of nitrogens with one attached hydrogen (secondary N) is 1. The molecule has 21 heavy (non-hydrogen) atoms. The molecule has 2 heterocycles. The van der Waals surface area contributed by atoms with Crippen LogP contribution in [0, 0.1) is 29.1 Å². The smallest absolute Gasteiger partial charge is 0.207 e. The first-order valence-electron chi connectivity index (χ1n) is 6.41. The lowest BCUT2D eigenvalue weighted by atomic mass is 10.0. The average Bonchev–Trinajstić information content (AvgIpc) is 2.78. The molecule has 118 valence electrons. The van der Waals surface area contributed by atoms with Crippen LogP contribution in [0.25, 0.3) is 0 Å². The predicted octanol–water partition coefficient (Wildman–Crippen LogP) is 3.47. The Hall–Kier alpha value is -1.08. The number of benzene rings is 1. The van der Waals surface area contributed by atoms with Gasteiger partial charge in [-0.15, -0.1) is 12.4 Å². The van der Waals surface area contributed by atoms with Crippen molar-refractivity contribution >= 4 is 12.4 Å². The summed E-state index contributed by atoms with van der Waals surface area (Å²) >= 11 is 0. The first-order chi connectivity index (χ1) is 9.47. The molecule has 1 aromatic rings. The quantitative estimate of drug-likeness (QED) is 0.510. The second-order valence-corrected chi connectivity index (χ2v) is 5.25. The standard InChI is InChI=1S/C13H12F5NO.ClH/c14-8-9(15)11(17)13(12(18)10(8)16)20-7-3-5-1-2-6(4-7)19-5;/h5-7,19H,1-4H2;1H. The van der Waals surface area contributed by atoms with Crippen LogP contribution >= 0.6 is 12.4 Å². The molecule has 1 aromatic carbocycles. The number of hydrogen-bond donors (Lipinski definition) is 1. The highest BCUT2D eigenvalue weighted by Crippen LogP contribution is 2.34. The zero-order valence-electron chi connectivity index (χ0n) is 10.8. The molecule has 2 aliphatic heterocycles. The van der Waals surface area contributed by atoms with Crippen molar-refractivity contribution in [1.29, 1.82) is 0 Å². The van der Waals surface area contributed by atoms with Crippen molar-refractivity contribution in [2.24, 2.45) is 0 Å². The fourth-order valence-corrected chi connectivity index (χ4v) is 2.96. The molecule has 0 saturated carbocycles. The normalized spacial score (nSPS) is 27.4. The van der Waals surface area contributed by atoms with Crippen LogP contribution in [0.15, 0.2) is 0 Å². The van der Waals surface area contributed by atoms with Crippen LogP contribution in [-0.2, 0) is 0 Å². The number of piperidine rings is 1. The van der Waals surface area contributed by atoms with E-state index in [1.165, 1.54) is 0 Å². The monoisotopic (exact) mass is 329 g/mol. The van der Waals surface area contributed by atoms with Gasteiger partial charge in [0, 0.05) is 12.1 Å². The van der Waals surface area contributed by atoms with Crippen LogP contribution in [0.1, 0.15) is 25.7 Å². The van der Waals surface area contributed by atoms with Gasteiger partial charge in [-0.2, -0.15) is 8.78 Å². The maximum Gasteiger partial charge on any atom is 0.207 e. The van der Waals surface area contributed by atoms with E-state index < -0.39 is 40.9 Å². The zero-order valence-corrected chi connectivity index (χ0v) is 11.6. The molecule has 0 spiro atoms. The lowest BCUT2D eigenvalue weighted by molar-refractivity contribution is 0.122. The van der Waals surface area contributed by atoms with E-state index in [-0.39, 0.29) is 24.5 Å². The third-order valence-electron chi connectivity index (χ3n) is 3.88. The fraction of sp³-hybridized carbons (Fsp3) is 0.538. The number of hydrogen-bond acceptors (Lipinski definition) is 2. The largest absolute Gasteiger partial charge is 0.484 e. The average molecular weight is 330 g/mol. The lowest BCUT2D eigenvalue weighted by Gasteiger charge is -2.29. The van der Waals surface area contributed by atoms with Gasteiger partial charge in [0.2, 0.25) is 29.1 Å². The highest BCUT2D eigenvalue weighted by Gasteiger charge is 2.36.